The first-order valence-corrected chi connectivity index (χ1v) is 11.1. The fourth-order valence-corrected chi connectivity index (χ4v) is 3.26. The minimum Gasteiger partial charge on any atom is -0.478 e. The van der Waals surface area contributed by atoms with Gasteiger partial charge in [-0.05, 0) is 47.5 Å². The van der Waals surface area contributed by atoms with Crippen LogP contribution in [0, 0.1) is 6.57 Å². The van der Waals surface area contributed by atoms with E-state index < -0.39 is 5.97 Å². The molecular weight excluding hydrogens is 460 g/mol. The van der Waals surface area contributed by atoms with Crippen molar-refractivity contribution in [3.05, 3.63) is 101 Å². The van der Waals surface area contributed by atoms with Crippen molar-refractivity contribution in [3.63, 3.8) is 0 Å². The molecule has 0 unspecified atom stereocenters. The van der Waals surface area contributed by atoms with Crippen molar-refractivity contribution >= 4 is 23.6 Å². The Kier molecular flexibility index (Phi) is 9.77. The summed E-state index contributed by atoms with van der Waals surface area (Å²) in [5.41, 5.74) is 3.42. The van der Waals surface area contributed by atoms with Gasteiger partial charge in [-0.2, -0.15) is 0 Å². The molecule has 0 aliphatic carbocycles. The van der Waals surface area contributed by atoms with Crippen LogP contribution in [0.4, 0.5) is 5.69 Å². The number of aromatic carboxylic acids is 1. The van der Waals surface area contributed by atoms with Crippen LogP contribution in [0.15, 0.2) is 72.8 Å². The van der Waals surface area contributed by atoms with Gasteiger partial charge in [0, 0.05) is 24.8 Å². The second-order valence-electron chi connectivity index (χ2n) is 7.57. The van der Waals surface area contributed by atoms with E-state index >= 15 is 0 Å². The number of methoxy groups -OCH3 is 1. The molecule has 184 valence electrons. The summed E-state index contributed by atoms with van der Waals surface area (Å²) in [7, 11) is 1.59. The van der Waals surface area contributed by atoms with Crippen LogP contribution in [0.5, 0.6) is 5.75 Å². The maximum atomic E-state index is 12.5. The van der Waals surface area contributed by atoms with Gasteiger partial charge in [-0.15, -0.1) is 0 Å². The summed E-state index contributed by atoms with van der Waals surface area (Å²) >= 11 is 0. The predicted octanol–water partition coefficient (Wildman–Crippen LogP) is 5.05. The second-order valence-corrected chi connectivity index (χ2v) is 7.57. The van der Waals surface area contributed by atoms with Crippen molar-refractivity contribution < 1.29 is 28.9 Å². The third-order valence-corrected chi connectivity index (χ3v) is 5.12. The van der Waals surface area contributed by atoms with Gasteiger partial charge in [0.2, 0.25) is 0 Å². The smallest absolute Gasteiger partial charge is 0.335 e. The van der Waals surface area contributed by atoms with E-state index in [0.717, 1.165) is 11.1 Å². The highest BCUT2D eigenvalue weighted by atomic mass is 16.7. The molecule has 0 aliphatic heterocycles. The minimum absolute atomic E-state index is 0.0505. The zero-order chi connectivity index (χ0) is 25.8. The van der Waals surface area contributed by atoms with Gasteiger partial charge in [0.05, 0.1) is 25.3 Å². The van der Waals surface area contributed by atoms with E-state index in [2.05, 4.69) is 10.2 Å². The maximum Gasteiger partial charge on any atom is 0.335 e. The Hall–Kier alpha value is -4.45. The van der Waals surface area contributed by atoms with E-state index in [0.29, 0.717) is 35.8 Å². The molecule has 0 fully saturated rings. The molecule has 0 spiro atoms. The van der Waals surface area contributed by atoms with E-state index in [-0.39, 0.29) is 24.8 Å². The van der Waals surface area contributed by atoms with Gasteiger partial charge < -0.3 is 24.6 Å². The van der Waals surface area contributed by atoms with Crippen LogP contribution in [0.2, 0.25) is 0 Å². The van der Waals surface area contributed by atoms with Crippen LogP contribution in [0.1, 0.15) is 26.3 Å². The van der Waals surface area contributed by atoms with Crippen molar-refractivity contribution in [2.45, 2.75) is 0 Å². The first-order valence-electron chi connectivity index (χ1n) is 11.1. The number of carbonyl (C=O) groups is 2. The molecule has 0 aromatic heterocycles. The molecule has 0 heterocycles. The Labute approximate surface area is 209 Å². The van der Waals surface area contributed by atoms with Crippen molar-refractivity contribution in [3.8, 4) is 16.9 Å². The van der Waals surface area contributed by atoms with Gasteiger partial charge in [-0.25, -0.2) is 9.64 Å². The number of carboxylic acid groups (broad SMARTS) is 1. The van der Waals surface area contributed by atoms with Crippen LogP contribution in [0.25, 0.3) is 22.0 Å². The monoisotopic (exact) mass is 486 g/mol. The summed E-state index contributed by atoms with van der Waals surface area (Å²) < 4.78 is 15.9. The lowest BCUT2D eigenvalue weighted by atomic mass is 10.0. The van der Waals surface area contributed by atoms with Crippen LogP contribution in [0.3, 0.4) is 0 Å². The van der Waals surface area contributed by atoms with Gasteiger partial charge in [0.25, 0.3) is 5.91 Å². The van der Waals surface area contributed by atoms with Crippen molar-refractivity contribution in [1.82, 2.24) is 5.32 Å². The molecule has 0 saturated carbocycles. The average molecular weight is 487 g/mol. The van der Waals surface area contributed by atoms with Gasteiger partial charge in [0.1, 0.15) is 5.75 Å². The lowest BCUT2D eigenvalue weighted by Gasteiger charge is -2.10. The zero-order valence-corrected chi connectivity index (χ0v) is 19.8. The van der Waals surface area contributed by atoms with Crippen molar-refractivity contribution in [2.75, 3.05) is 33.7 Å². The quantitative estimate of drug-likeness (QED) is 0.211. The highest BCUT2D eigenvalue weighted by Gasteiger charge is 2.08. The zero-order valence-electron chi connectivity index (χ0n) is 19.8. The summed E-state index contributed by atoms with van der Waals surface area (Å²) in [5.74, 6) is -0.677. The minimum atomic E-state index is -0.990. The second kappa shape index (κ2) is 13.4. The van der Waals surface area contributed by atoms with Gasteiger partial charge in [-0.1, -0.05) is 42.5 Å². The largest absolute Gasteiger partial charge is 0.478 e. The lowest BCUT2D eigenvalue weighted by molar-refractivity contribution is -0.00855. The highest BCUT2D eigenvalue weighted by molar-refractivity contribution is 5.95. The summed E-state index contributed by atoms with van der Waals surface area (Å²) in [4.78, 5) is 27.2. The number of hydrogen-bond donors (Lipinski definition) is 2. The number of nitrogens with zero attached hydrogens (tertiary/aromatic N) is 1. The van der Waals surface area contributed by atoms with Gasteiger partial charge in [-0.3, -0.25) is 4.79 Å². The van der Waals surface area contributed by atoms with Crippen LogP contribution in [-0.4, -0.2) is 50.6 Å². The molecule has 0 aliphatic rings. The molecule has 3 aromatic rings. The SMILES string of the molecule is [C-]#[N+]c1ccc(OCOCCOC)c(C=CCNC(=O)c2ccc(-c3cccc(C(=O)O)c3)cc2)c1. The Morgan fingerprint density at radius 3 is 2.53 bits per heavy atom. The molecule has 2 N–H and O–H groups in total. The molecule has 36 heavy (non-hydrogen) atoms. The standard InChI is InChI=1S/C28H26N2O6/c1-29-25-12-13-26(36-19-35-16-15-34-2)23(18-25)7-4-14-30-27(31)21-10-8-20(9-11-21)22-5-3-6-24(17-22)28(32)33/h3-13,17-18H,14-16,19H2,2H3,(H,30,31)(H,32,33). The number of benzene rings is 3. The van der Waals surface area contributed by atoms with Gasteiger partial charge in [0.15, 0.2) is 12.5 Å². The number of hydrogen-bond acceptors (Lipinski definition) is 5. The molecule has 8 heteroatoms. The fraction of sp³-hybridized carbons (Fsp3) is 0.179. The number of nitrogens with one attached hydrogen (secondary N) is 1. The molecule has 0 atom stereocenters. The summed E-state index contributed by atoms with van der Waals surface area (Å²) in [6.45, 7) is 8.42. The van der Waals surface area contributed by atoms with E-state index in [1.54, 1.807) is 73.9 Å². The normalized spacial score (nSPS) is 10.7. The molecule has 0 saturated heterocycles. The van der Waals surface area contributed by atoms with E-state index in [4.69, 9.17) is 25.9 Å². The Morgan fingerprint density at radius 1 is 1.00 bits per heavy atom. The summed E-state index contributed by atoms with van der Waals surface area (Å²) in [6.07, 6.45) is 3.54. The Balaban J connectivity index is 1.58. The Bertz CT molecular complexity index is 1260. The van der Waals surface area contributed by atoms with Crippen molar-refractivity contribution in [2.24, 2.45) is 0 Å². The van der Waals surface area contributed by atoms with Gasteiger partial charge >= 0.3 is 5.97 Å². The van der Waals surface area contributed by atoms with E-state index in [1.165, 1.54) is 6.07 Å². The fourth-order valence-electron chi connectivity index (χ4n) is 3.26. The van der Waals surface area contributed by atoms with Crippen molar-refractivity contribution in [1.29, 1.82) is 0 Å². The van der Waals surface area contributed by atoms with E-state index in [1.807, 2.05) is 6.07 Å². The van der Waals surface area contributed by atoms with Crippen LogP contribution >= 0.6 is 0 Å². The molecule has 1 amide bonds. The molecule has 0 radical (unpaired) electrons. The summed E-state index contributed by atoms with van der Waals surface area (Å²) in [6, 6.07) is 18.6. The third kappa shape index (κ3) is 7.53. The van der Waals surface area contributed by atoms with Crippen LogP contribution < -0.4 is 10.1 Å². The topological polar surface area (TPSA) is 98.5 Å². The molecule has 8 nitrogen and oxygen atoms in total. The van der Waals surface area contributed by atoms with E-state index in [9.17, 15) is 9.59 Å². The number of carboxylic acids is 1. The highest BCUT2D eigenvalue weighted by Crippen LogP contribution is 2.26. The summed E-state index contributed by atoms with van der Waals surface area (Å²) in [5, 5.41) is 12.0. The number of ether oxygens (including phenoxy) is 3. The molecule has 3 rings (SSSR count). The lowest BCUT2D eigenvalue weighted by Crippen LogP contribution is -2.23. The maximum absolute atomic E-state index is 12.5. The molecule has 0 bridgehead atoms. The first-order chi connectivity index (χ1) is 17.5. The number of rotatable bonds is 12. The first kappa shape index (κ1) is 26.2. The molecule has 3 aromatic carbocycles. The van der Waals surface area contributed by atoms with Crippen LogP contribution in [-0.2, 0) is 9.47 Å². The number of carbonyl (C=O) groups excluding carboxylic acids is 1. The average Bonchev–Trinajstić information content (AvgIpc) is 2.91. The number of amides is 1. The third-order valence-electron chi connectivity index (χ3n) is 5.12. The Morgan fingerprint density at radius 2 is 1.81 bits per heavy atom. The molecular formula is C28H26N2O6. The predicted molar refractivity (Wildman–Crippen MR) is 136 cm³/mol.